The number of carbonyl (C=O) groups is 1. The molecule has 0 atom stereocenters. The molecule has 0 aliphatic rings. The van der Waals surface area contributed by atoms with Gasteiger partial charge in [-0.15, -0.1) is 11.3 Å². The first-order valence-electron chi connectivity index (χ1n) is 5.22. The molecule has 0 amide bonds. The number of benzene rings is 1. The van der Waals surface area contributed by atoms with Gasteiger partial charge in [-0.1, -0.05) is 35.0 Å². The maximum absolute atomic E-state index is 11.2. The average Bonchev–Trinajstić information content (AvgIpc) is 2.94. The SMILES string of the molecule is O=Cc1c(Sc2cc(Cl)ccc2Cl)nc2sccn12. The van der Waals surface area contributed by atoms with E-state index in [9.17, 15) is 4.79 Å². The summed E-state index contributed by atoms with van der Waals surface area (Å²) in [6, 6.07) is 5.21. The predicted octanol–water partition coefficient (Wildman–Crippen LogP) is 4.67. The second-order valence-corrected chi connectivity index (χ2v) is 6.40. The third-order valence-electron chi connectivity index (χ3n) is 2.48. The lowest BCUT2D eigenvalue weighted by Gasteiger charge is -2.02. The van der Waals surface area contributed by atoms with E-state index in [1.54, 1.807) is 22.6 Å². The molecule has 1 aromatic carbocycles. The van der Waals surface area contributed by atoms with Crippen LogP contribution in [0.3, 0.4) is 0 Å². The van der Waals surface area contributed by atoms with Gasteiger partial charge in [0.15, 0.2) is 11.2 Å². The predicted molar refractivity (Wildman–Crippen MR) is 79.0 cm³/mol. The highest BCUT2D eigenvalue weighted by Gasteiger charge is 2.15. The zero-order chi connectivity index (χ0) is 13.4. The van der Waals surface area contributed by atoms with E-state index in [4.69, 9.17) is 23.2 Å². The first-order chi connectivity index (χ1) is 9.19. The van der Waals surface area contributed by atoms with Crippen LogP contribution in [-0.4, -0.2) is 15.7 Å². The Morgan fingerprint density at radius 2 is 2.21 bits per heavy atom. The minimum Gasteiger partial charge on any atom is -0.296 e. The van der Waals surface area contributed by atoms with Gasteiger partial charge in [0.05, 0.1) is 5.02 Å². The molecule has 0 saturated heterocycles. The van der Waals surface area contributed by atoms with Gasteiger partial charge in [-0.3, -0.25) is 9.20 Å². The van der Waals surface area contributed by atoms with Gasteiger partial charge in [0.2, 0.25) is 0 Å². The highest BCUT2D eigenvalue weighted by atomic mass is 35.5. The van der Waals surface area contributed by atoms with Crippen LogP contribution in [0.4, 0.5) is 0 Å². The number of nitrogens with zero attached hydrogens (tertiary/aromatic N) is 2. The summed E-state index contributed by atoms with van der Waals surface area (Å²) in [4.78, 5) is 17.2. The van der Waals surface area contributed by atoms with E-state index in [2.05, 4.69) is 4.98 Å². The Morgan fingerprint density at radius 1 is 1.37 bits per heavy atom. The highest BCUT2D eigenvalue weighted by Crippen LogP contribution is 2.36. The third-order valence-corrected chi connectivity index (χ3v) is 4.96. The van der Waals surface area contributed by atoms with Crippen molar-refractivity contribution in [2.75, 3.05) is 0 Å². The molecule has 3 nitrogen and oxygen atoms in total. The van der Waals surface area contributed by atoms with Crippen LogP contribution in [0.1, 0.15) is 10.5 Å². The Labute approximate surface area is 127 Å². The minimum atomic E-state index is 0.525. The van der Waals surface area contributed by atoms with E-state index in [1.165, 1.54) is 23.1 Å². The Morgan fingerprint density at radius 3 is 3.00 bits per heavy atom. The first kappa shape index (κ1) is 13.0. The van der Waals surface area contributed by atoms with Crippen molar-refractivity contribution in [3.8, 4) is 0 Å². The van der Waals surface area contributed by atoms with Crippen molar-refractivity contribution in [2.24, 2.45) is 0 Å². The van der Waals surface area contributed by atoms with Crippen LogP contribution >= 0.6 is 46.3 Å². The van der Waals surface area contributed by atoms with Gasteiger partial charge in [-0.05, 0) is 18.2 Å². The standard InChI is InChI=1S/C12H6Cl2N2OS2/c13-7-1-2-8(14)10(5-7)19-11-9(6-17)16-3-4-18-12(16)15-11/h1-6H. The topological polar surface area (TPSA) is 34.4 Å². The van der Waals surface area contributed by atoms with Gasteiger partial charge in [0, 0.05) is 21.5 Å². The number of carbonyl (C=O) groups excluding carboxylic acids is 1. The Balaban J connectivity index is 2.07. The maximum atomic E-state index is 11.2. The Hall–Kier alpha value is -1.01. The lowest BCUT2D eigenvalue weighted by atomic mass is 10.4. The largest absolute Gasteiger partial charge is 0.296 e. The minimum absolute atomic E-state index is 0.525. The summed E-state index contributed by atoms with van der Waals surface area (Å²) in [5, 5.41) is 3.70. The summed E-state index contributed by atoms with van der Waals surface area (Å²) >= 11 is 14.9. The number of imidazole rings is 1. The van der Waals surface area contributed by atoms with E-state index in [0.29, 0.717) is 20.8 Å². The molecule has 96 valence electrons. The molecular formula is C12H6Cl2N2OS2. The van der Waals surface area contributed by atoms with Gasteiger partial charge < -0.3 is 0 Å². The molecule has 0 aliphatic heterocycles. The van der Waals surface area contributed by atoms with Crippen molar-refractivity contribution < 1.29 is 4.79 Å². The summed E-state index contributed by atoms with van der Waals surface area (Å²) < 4.78 is 1.76. The van der Waals surface area contributed by atoms with Crippen LogP contribution in [0.15, 0.2) is 39.7 Å². The number of thiazole rings is 1. The van der Waals surface area contributed by atoms with Gasteiger partial charge in [0.25, 0.3) is 0 Å². The average molecular weight is 329 g/mol. The van der Waals surface area contributed by atoms with Crippen molar-refractivity contribution in [1.82, 2.24) is 9.38 Å². The molecule has 2 aromatic heterocycles. The molecule has 0 radical (unpaired) electrons. The molecule has 0 fully saturated rings. The van der Waals surface area contributed by atoms with Crippen LogP contribution in [-0.2, 0) is 0 Å². The number of fused-ring (bicyclic) bond motifs is 1. The molecule has 0 saturated carbocycles. The number of aromatic nitrogens is 2. The van der Waals surface area contributed by atoms with Gasteiger partial charge in [-0.2, -0.15) is 0 Å². The molecule has 19 heavy (non-hydrogen) atoms. The van der Waals surface area contributed by atoms with Crippen LogP contribution in [0, 0.1) is 0 Å². The van der Waals surface area contributed by atoms with Gasteiger partial charge in [-0.25, -0.2) is 4.98 Å². The molecule has 2 heterocycles. The van der Waals surface area contributed by atoms with Crippen LogP contribution in [0.25, 0.3) is 4.96 Å². The van der Waals surface area contributed by atoms with E-state index < -0.39 is 0 Å². The Bertz CT molecular complexity index is 766. The van der Waals surface area contributed by atoms with Crippen molar-refractivity contribution in [2.45, 2.75) is 9.92 Å². The zero-order valence-corrected chi connectivity index (χ0v) is 12.5. The number of hydrogen-bond acceptors (Lipinski definition) is 4. The Kier molecular flexibility index (Phi) is 3.54. The summed E-state index contributed by atoms with van der Waals surface area (Å²) in [5.41, 5.74) is 0.525. The van der Waals surface area contributed by atoms with Crippen LogP contribution in [0.5, 0.6) is 0 Å². The molecule has 3 rings (SSSR count). The van der Waals surface area contributed by atoms with Crippen molar-refractivity contribution in [3.05, 3.63) is 45.5 Å². The quantitative estimate of drug-likeness (QED) is 0.655. The highest BCUT2D eigenvalue weighted by molar-refractivity contribution is 7.99. The fraction of sp³-hybridized carbons (Fsp3) is 0. The summed E-state index contributed by atoms with van der Waals surface area (Å²) in [6.07, 6.45) is 2.62. The summed E-state index contributed by atoms with van der Waals surface area (Å²) in [7, 11) is 0. The molecule has 3 aromatic rings. The second kappa shape index (κ2) is 5.17. The van der Waals surface area contributed by atoms with E-state index in [-0.39, 0.29) is 0 Å². The third kappa shape index (κ3) is 2.39. The first-order valence-corrected chi connectivity index (χ1v) is 7.68. The molecule has 0 N–H and O–H groups in total. The summed E-state index contributed by atoms with van der Waals surface area (Å²) in [5.74, 6) is 0. The lowest BCUT2D eigenvalue weighted by Crippen LogP contribution is -1.88. The van der Waals surface area contributed by atoms with Crippen molar-refractivity contribution >= 4 is 57.5 Å². The van der Waals surface area contributed by atoms with Crippen LogP contribution in [0.2, 0.25) is 10.0 Å². The fourth-order valence-electron chi connectivity index (χ4n) is 1.63. The number of aldehydes is 1. The lowest BCUT2D eigenvalue weighted by molar-refractivity contribution is 0.111. The monoisotopic (exact) mass is 328 g/mol. The van der Waals surface area contributed by atoms with Crippen molar-refractivity contribution in [1.29, 1.82) is 0 Å². The molecule has 0 bridgehead atoms. The molecule has 0 aliphatic carbocycles. The van der Waals surface area contributed by atoms with E-state index >= 15 is 0 Å². The smallest absolute Gasteiger partial charge is 0.195 e. The van der Waals surface area contributed by atoms with E-state index in [0.717, 1.165) is 16.1 Å². The fourth-order valence-corrected chi connectivity index (χ4v) is 3.82. The molecule has 7 heteroatoms. The van der Waals surface area contributed by atoms with Gasteiger partial charge >= 0.3 is 0 Å². The molecular weight excluding hydrogens is 323 g/mol. The second-order valence-electron chi connectivity index (χ2n) is 3.65. The van der Waals surface area contributed by atoms with E-state index in [1.807, 2.05) is 11.6 Å². The number of halogens is 2. The van der Waals surface area contributed by atoms with Crippen LogP contribution < -0.4 is 0 Å². The van der Waals surface area contributed by atoms with Gasteiger partial charge in [0.1, 0.15) is 10.7 Å². The summed E-state index contributed by atoms with van der Waals surface area (Å²) in [6.45, 7) is 0. The molecule has 0 spiro atoms. The maximum Gasteiger partial charge on any atom is 0.195 e. The zero-order valence-electron chi connectivity index (χ0n) is 9.34. The normalized spacial score (nSPS) is 11.1. The molecule has 0 unspecified atom stereocenters. The van der Waals surface area contributed by atoms with Crippen molar-refractivity contribution in [3.63, 3.8) is 0 Å². The number of hydrogen-bond donors (Lipinski definition) is 0. The number of rotatable bonds is 3.